The molecular weight excluding hydrogens is 356 g/mol. The lowest BCUT2D eigenvalue weighted by atomic mass is 9.97. The van der Waals surface area contributed by atoms with Crippen molar-refractivity contribution >= 4 is 5.97 Å². The molecule has 0 bridgehead atoms. The lowest BCUT2D eigenvalue weighted by Crippen LogP contribution is -2.08. The Hall–Kier alpha value is -2.37. The minimum Gasteiger partial charge on any atom is -0.496 e. The molecule has 0 aliphatic heterocycles. The maximum atomic E-state index is 11.5. The van der Waals surface area contributed by atoms with Crippen LogP contribution in [-0.4, -0.2) is 41.1 Å². The number of methoxy groups -OCH3 is 1. The molecule has 0 radical (unpaired) electrons. The van der Waals surface area contributed by atoms with Crippen molar-refractivity contribution in [2.75, 3.05) is 13.7 Å². The van der Waals surface area contributed by atoms with Gasteiger partial charge in [0.15, 0.2) is 0 Å². The fourth-order valence-electron chi connectivity index (χ4n) is 2.73. The second-order valence-electron chi connectivity index (χ2n) is 7.23. The van der Waals surface area contributed by atoms with Crippen molar-refractivity contribution in [3.63, 3.8) is 0 Å². The molecule has 1 unspecified atom stereocenters. The molecule has 0 aromatic heterocycles. The first-order chi connectivity index (χ1) is 13.2. The molecule has 5 heteroatoms. The summed E-state index contributed by atoms with van der Waals surface area (Å²) >= 11 is 0. The zero-order valence-corrected chi connectivity index (χ0v) is 17.5. The highest BCUT2D eigenvalue weighted by molar-refractivity contribution is 5.88. The molecule has 1 atom stereocenters. The SMILES string of the molecule is COc1c(C/C=C(\C)CO)cc(C(=O)O)cc1C/C=C(\C)C(O)CC=C(C)C. The molecule has 0 heterocycles. The number of benzene rings is 1. The maximum absolute atomic E-state index is 11.5. The predicted molar refractivity (Wildman–Crippen MR) is 112 cm³/mol. The minimum atomic E-state index is -1.00. The third kappa shape index (κ3) is 7.33. The Morgan fingerprint density at radius 3 is 2.11 bits per heavy atom. The lowest BCUT2D eigenvalue weighted by molar-refractivity contribution is 0.0696. The van der Waals surface area contributed by atoms with Crippen molar-refractivity contribution in [1.82, 2.24) is 0 Å². The number of rotatable bonds is 10. The van der Waals surface area contributed by atoms with Crippen LogP contribution in [0.15, 0.2) is 47.1 Å². The van der Waals surface area contributed by atoms with Crippen LogP contribution in [0.4, 0.5) is 0 Å². The van der Waals surface area contributed by atoms with E-state index in [0.29, 0.717) is 25.0 Å². The van der Waals surface area contributed by atoms with E-state index in [9.17, 15) is 20.1 Å². The fourth-order valence-corrected chi connectivity index (χ4v) is 2.73. The summed E-state index contributed by atoms with van der Waals surface area (Å²) in [5, 5.41) is 28.9. The van der Waals surface area contributed by atoms with E-state index in [1.54, 1.807) is 19.2 Å². The van der Waals surface area contributed by atoms with Crippen LogP contribution >= 0.6 is 0 Å². The Balaban J connectivity index is 3.21. The number of aromatic carboxylic acids is 1. The topological polar surface area (TPSA) is 87.0 Å². The highest BCUT2D eigenvalue weighted by Gasteiger charge is 2.15. The van der Waals surface area contributed by atoms with E-state index >= 15 is 0 Å². The number of carboxylic acids is 1. The van der Waals surface area contributed by atoms with Gasteiger partial charge in [0.25, 0.3) is 0 Å². The molecule has 0 fully saturated rings. The summed E-state index contributed by atoms with van der Waals surface area (Å²) in [6.45, 7) is 7.62. The Labute approximate surface area is 167 Å². The summed E-state index contributed by atoms with van der Waals surface area (Å²) in [4.78, 5) is 11.5. The maximum Gasteiger partial charge on any atom is 0.335 e. The summed E-state index contributed by atoms with van der Waals surface area (Å²) in [5.74, 6) is -0.368. The Morgan fingerprint density at radius 2 is 1.64 bits per heavy atom. The second kappa shape index (κ2) is 11.5. The molecule has 1 aromatic carbocycles. The van der Waals surface area contributed by atoms with Crippen LogP contribution in [0.3, 0.4) is 0 Å². The van der Waals surface area contributed by atoms with Gasteiger partial charge < -0.3 is 20.1 Å². The molecule has 1 aromatic rings. The molecule has 154 valence electrons. The number of aliphatic hydroxyl groups is 2. The van der Waals surface area contributed by atoms with Gasteiger partial charge in [-0.3, -0.25) is 0 Å². The number of carbonyl (C=O) groups is 1. The Kier molecular flexibility index (Phi) is 9.69. The molecule has 0 amide bonds. The summed E-state index contributed by atoms with van der Waals surface area (Å²) in [7, 11) is 1.56. The minimum absolute atomic E-state index is 0.0424. The van der Waals surface area contributed by atoms with Crippen molar-refractivity contribution in [2.45, 2.75) is 53.1 Å². The quantitative estimate of drug-likeness (QED) is 0.526. The van der Waals surface area contributed by atoms with Crippen LogP contribution in [0.25, 0.3) is 0 Å². The molecule has 0 saturated heterocycles. The normalized spacial score (nSPS) is 13.2. The van der Waals surface area contributed by atoms with Crippen LogP contribution in [0.1, 0.15) is 55.6 Å². The first-order valence-electron chi connectivity index (χ1n) is 9.37. The van der Waals surface area contributed by atoms with Gasteiger partial charge >= 0.3 is 5.97 Å². The number of hydrogen-bond acceptors (Lipinski definition) is 4. The van der Waals surface area contributed by atoms with Crippen LogP contribution < -0.4 is 4.74 Å². The third-order valence-electron chi connectivity index (χ3n) is 4.53. The van der Waals surface area contributed by atoms with E-state index < -0.39 is 12.1 Å². The van der Waals surface area contributed by atoms with Crippen molar-refractivity contribution in [3.05, 3.63) is 63.8 Å². The van der Waals surface area contributed by atoms with Crippen LogP contribution in [0, 0.1) is 0 Å². The van der Waals surface area contributed by atoms with E-state index in [1.807, 2.05) is 45.9 Å². The van der Waals surface area contributed by atoms with Gasteiger partial charge in [0.05, 0.1) is 25.4 Å². The second-order valence-corrected chi connectivity index (χ2v) is 7.23. The fraction of sp³-hybridized carbons (Fsp3) is 0.435. The standard InChI is InChI=1S/C23H32O5/c1-15(2)6-11-21(25)17(4)8-10-19-13-20(23(26)27)12-18(22(19)28-5)9-7-16(3)14-24/h6-8,12-13,21,24-25H,9-11,14H2,1-5H3,(H,26,27)/b16-7+,17-8+. The summed E-state index contributed by atoms with van der Waals surface area (Å²) < 4.78 is 5.56. The van der Waals surface area contributed by atoms with Gasteiger partial charge in [-0.1, -0.05) is 29.4 Å². The first kappa shape index (κ1) is 23.7. The molecular formula is C23H32O5. The first-order valence-corrected chi connectivity index (χ1v) is 9.37. The Morgan fingerprint density at radius 1 is 1.07 bits per heavy atom. The van der Waals surface area contributed by atoms with Gasteiger partial charge in [-0.25, -0.2) is 4.79 Å². The van der Waals surface area contributed by atoms with Crippen molar-refractivity contribution in [2.24, 2.45) is 0 Å². The van der Waals surface area contributed by atoms with Gasteiger partial charge in [0, 0.05) is 0 Å². The monoisotopic (exact) mass is 388 g/mol. The van der Waals surface area contributed by atoms with Crippen molar-refractivity contribution in [3.8, 4) is 5.75 Å². The number of hydrogen-bond donors (Lipinski definition) is 3. The van der Waals surface area contributed by atoms with E-state index in [4.69, 9.17) is 4.74 Å². The highest BCUT2D eigenvalue weighted by atomic mass is 16.5. The van der Waals surface area contributed by atoms with Gasteiger partial charge in [-0.05, 0) is 75.8 Å². The predicted octanol–water partition coefficient (Wildman–Crippen LogP) is 4.08. The zero-order valence-electron chi connectivity index (χ0n) is 17.5. The van der Waals surface area contributed by atoms with E-state index in [1.165, 1.54) is 0 Å². The van der Waals surface area contributed by atoms with Crippen LogP contribution in [0.2, 0.25) is 0 Å². The molecule has 0 aliphatic carbocycles. The smallest absolute Gasteiger partial charge is 0.335 e. The number of carboxylic acid groups (broad SMARTS) is 1. The summed E-state index contributed by atoms with van der Waals surface area (Å²) in [5.41, 5.74) is 4.48. The number of ether oxygens (including phenoxy) is 1. The number of allylic oxidation sites excluding steroid dienone is 3. The van der Waals surface area contributed by atoms with E-state index in [0.717, 1.165) is 27.8 Å². The van der Waals surface area contributed by atoms with Crippen LogP contribution in [-0.2, 0) is 12.8 Å². The van der Waals surface area contributed by atoms with Gasteiger partial charge in [-0.2, -0.15) is 0 Å². The van der Waals surface area contributed by atoms with Gasteiger partial charge in [-0.15, -0.1) is 0 Å². The molecule has 5 nitrogen and oxygen atoms in total. The zero-order chi connectivity index (χ0) is 21.3. The number of aliphatic hydroxyl groups excluding tert-OH is 2. The van der Waals surface area contributed by atoms with Gasteiger partial charge in [0.1, 0.15) is 5.75 Å². The lowest BCUT2D eigenvalue weighted by Gasteiger charge is -2.15. The molecule has 0 saturated carbocycles. The van der Waals surface area contributed by atoms with Crippen molar-refractivity contribution in [1.29, 1.82) is 0 Å². The summed E-state index contributed by atoms with van der Waals surface area (Å²) in [6.07, 6.45) is 6.66. The Bertz CT molecular complexity index is 767. The molecule has 1 rings (SSSR count). The highest BCUT2D eigenvalue weighted by Crippen LogP contribution is 2.28. The largest absolute Gasteiger partial charge is 0.496 e. The average Bonchev–Trinajstić information content (AvgIpc) is 2.67. The van der Waals surface area contributed by atoms with E-state index in [2.05, 4.69) is 0 Å². The average molecular weight is 389 g/mol. The third-order valence-corrected chi connectivity index (χ3v) is 4.53. The van der Waals surface area contributed by atoms with Gasteiger partial charge in [0.2, 0.25) is 0 Å². The van der Waals surface area contributed by atoms with Crippen molar-refractivity contribution < 1.29 is 24.9 Å². The molecule has 3 N–H and O–H groups in total. The van der Waals surface area contributed by atoms with Crippen LogP contribution in [0.5, 0.6) is 5.75 Å². The summed E-state index contributed by atoms with van der Waals surface area (Å²) in [6, 6.07) is 3.21. The molecule has 0 spiro atoms. The van der Waals surface area contributed by atoms with E-state index in [-0.39, 0.29) is 12.2 Å². The molecule has 28 heavy (non-hydrogen) atoms. The molecule has 0 aliphatic rings.